The van der Waals surface area contributed by atoms with Crippen LogP contribution in [-0.2, 0) is 24.1 Å². The van der Waals surface area contributed by atoms with Crippen molar-refractivity contribution in [3.63, 3.8) is 0 Å². The summed E-state index contributed by atoms with van der Waals surface area (Å²) in [6.07, 6.45) is 2.48. The predicted molar refractivity (Wildman–Crippen MR) is 131 cm³/mol. The highest BCUT2D eigenvalue weighted by Crippen LogP contribution is 2.50. The van der Waals surface area contributed by atoms with Crippen LogP contribution in [-0.4, -0.2) is 51.9 Å². The molecule has 0 unspecified atom stereocenters. The third-order valence-electron chi connectivity index (χ3n) is 6.71. The quantitative estimate of drug-likeness (QED) is 0.599. The van der Waals surface area contributed by atoms with E-state index in [4.69, 9.17) is 29.7 Å². The largest absolute Gasteiger partial charge is 0.493 e. The number of carbonyl (C=O) groups excluding carboxylic acids is 1. The highest BCUT2D eigenvalue weighted by atomic mass is 16.5. The van der Waals surface area contributed by atoms with Gasteiger partial charge in [-0.25, -0.2) is 4.98 Å². The Labute approximate surface area is 198 Å². The average molecular weight is 464 g/mol. The number of hydrogen-bond acceptors (Lipinski definition) is 7. The summed E-state index contributed by atoms with van der Waals surface area (Å²) >= 11 is 0. The molecule has 2 heterocycles. The molecule has 0 saturated carbocycles. The number of nitrogens with zero attached hydrogens (tertiary/aromatic N) is 2. The molecule has 8 nitrogen and oxygen atoms in total. The summed E-state index contributed by atoms with van der Waals surface area (Å²) in [5.41, 5.74) is 12.7. The second kappa shape index (κ2) is 8.68. The predicted octanol–water partition coefficient (Wildman–Crippen LogP) is 3.27. The molecule has 0 spiro atoms. The summed E-state index contributed by atoms with van der Waals surface area (Å²) in [6.45, 7) is 3.02. The zero-order chi connectivity index (χ0) is 24.0. The third kappa shape index (κ3) is 3.32. The Morgan fingerprint density at radius 3 is 2.47 bits per heavy atom. The van der Waals surface area contributed by atoms with E-state index in [0.717, 1.165) is 47.1 Å². The van der Waals surface area contributed by atoms with Crippen molar-refractivity contribution >= 4 is 22.5 Å². The smallest absolute Gasteiger partial charge is 0.223 e. The molecule has 2 aromatic carbocycles. The molecule has 0 atom stereocenters. The Morgan fingerprint density at radius 2 is 1.79 bits per heavy atom. The van der Waals surface area contributed by atoms with Crippen LogP contribution in [0.15, 0.2) is 18.2 Å². The molecule has 2 N–H and O–H groups in total. The van der Waals surface area contributed by atoms with Crippen molar-refractivity contribution in [2.45, 2.75) is 26.2 Å². The number of benzene rings is 2. The maximum absolute atomic E-state index is 12.5. The zero-order valence-electron chi connectivity index (χ0n) is 20.0. The Kier molecular flexibility index (Phi) is 5.69. The Bertz CT molecular complexity index is 1300. The highest BCUT2D eigenvalue weighted by molar-refractivity contribution is 6.09. The van der Waals surface area contributed by atoms with Crippen LogP contribution in [0, 0.1) is 0 Å². The molecule has 8 heteroatoms. The summed E-state index contributed by atoms with van der Waals surface area (Å²) in [6, 6.07) is 5.95. The zero-order valence-corrected chi connectivity index (χ0v) is 20.0. The summed E-state index contributed by atoms with van der Waals surface area (Å²) in [7, 11) is 4.84. The van der Waals surface area contributed by atoms with Gasteiger partial charge in [0.25, 0.3) is 0 Å². The van der Waals surface area contributed by atoms with Gasteiger partial charge in [-0.05, 0) is 48.1 Å². The lowest BCUT2D eigenvalue weighted by Gasteiger charge is -2.33. The van der Waals surface area contributed by atoms with E-state index in [2.05, 4.69) is 0 Å². The van der Waals surface area contributed by atoms with Gasteiger partial charge in [0.2, 0.25) is 5.91 Å². The van der Waals surface area contributed by atoms with Crippen molar-refractivity contribution < 1.29 is 23.7 Å². The molecule has 0 radical (unpaired) electrons. The second-order valence-electron chi connectivity index (χ2n) is 8.49. The molecule has 0 fully saturated rings. The molecular formula is C26H29N3O5. The van der Waals surface area contributed by atoms with Gasteiger partial charge in [0.15, 0.2) is 23.0 Å². The molecule has 1 aliphatic heterocycles. The van der Waals surface area contributed by atoms with Gasteiger partial charge in [0, 0.05) is 37.0 Å². The van der Waals surface area contributed by atoms with E-state index >= 15 is 0 Å². The molecule has 0 bridgehead atoms. The molecule has 2 aliphatic rings. The first-order chi connectivity index (χ1) is 16.5. The number of methoxy groups -OCH3 is 3. The molecular weight excluding hydrogens is 434 g/mol. The summed E-state index contributed by atoms with van der Waals surface area (Å²) < 4.78 is 22.8. The summed E-state index contributed by atoms with van der Waals surface area (Å²) in [5.74, 6) is 2.44. The lowest BCUT2D eigenvalue weighted by molar-refractivity contribution is -0.116. The fraction of sp³-hybridized carbons (Fsp3) is 0.385. The summed E-state index contributed by atoms with van der Waals surface area (Å²) in [4.78, 5) is 19.4. The van der Waals surface area contributed by atoms with Crippen LogP contribution in [0.3, 0.4) is 0 Å². The maximum Gasteiger partial charge on any atom is 0.223 e. The van der Waals surface area contributed by atoms with Gasteiger partial charge in [-0.2, -0.15) is 0 Å². The van der Waals surface area contributed by atoms with Crippen molar-refractivity contribution in [2.24, 2.45) is 5.73 Å². The van der Waals surface area contributed by atoms with E-state index in [1.807, 2.05) is 18.2 Å². The fourth-order valence-electron chi connectivity index (χ4n) is 5.24. The summed E-state index contributed by atoms with van der Waals surface area (Å²) in [5, 5.41) is 0.969. The van der Waals surface area contributed by atoms with Gasteiger partial charge in [-0.3, -0.25) is 4.79 Å². The number of ether oxygens (including phenoxy) is 4. The van der Waals surface area contributed by atoms with Crippen LogP contribution in [0.1, 0.15) is 23.6 Å². The van der Waals surface area contributed by atoms with Crippen molar-refractivity contribution in [3.8, 4) is 34.3 Å². The third-order valence-corrected chi connectivity index (χ3v) is 6.71. The number of anilines is 1. The van der Waals surface area contributed by atoms with E-state index in [1.54, 1.807) is 33.2 Å². The molecule has 5 rings (SSSR count). The van der Waals surface area contributed by atoms with Crippen molar-refractivity contribution in [3.05, 3.63) is 34.9 Å². The fourth-order valence-corrected chi connectivity index (χ4v) is 5.24. The first-order valence-corrected chi connectivity index (χ1v) is 11.4. The van der Waals surface area contributed by atoms with Crippen LogP contribution in [0.4, 0.5) is 5.69 Å². The van der Waals surface area contributed by atoms with Crippen molar-refractivity contribution in [1.29, 1.82) is 0 Å². The lowest BCUT2D eigenvalue weighted by atomic mass is 9.82. The van der Waals surface area contributed by atoms with E-state index in [1.165, 1.54) is 16.7 Å². The van der Waals surface area contributed by atoms with Gasteiger partial charge in [-0.15, -0.1) is 0 Å². The number of nitrogens with two attached hydrogens (primary N) is 1. The Balaban J connectivity index is 1.79. The van der Waals surface area contributed by atoms with Gasteiger partial charge >= 0.3 is 0 Å². The molecule has 3 aromatic rings. The van der Waals surface area contributed by atoms with E-state index in [9.17, 15) is 4.79 Å². The van der Waals surface area contributed by atoms with E-state index in [-0.39, 0.29) is 5.91 Å². The molecule has 34 heavy (non-hydrogen) atoms. The SMILES string of the molecule is COc1cc2c(cc1OCCN)CCc1c-2nc2cc(OC)c(OC)c3c2c1CCN3C(C)=O. The Hall–Kier alpha value is -3.52. The number of carbonyl (C=O) groups is 1. The number of hydrogen-bond donors (Lipinski definition) is 1. The second-order valence-corrected chi connectivity index (χ2v) is 8.49. The first-order valence-electron chi connectivity index (χ1n) is 11.4. The molecule has 1 aliphatic carbocycles. The van der Waals surface area contributed by atoms with Crippen LogP contribution in [0.2, 0.25) is 0 Å². The van der Waals surface area contributed by atoms with Crippen molar-refractivity contribution in [1.82, 2.24) is 4.98 Å². The Morgan fingerprint density at radius 1 is 1.00 bits per heavy atom. The number of aromatic nitrogens is 1. The van der Waals surface area contributed by atoms with E-state index in [0.29, 0.717) is 42.7 Å². The lowest BCUT2D eigenvalue weighted by Crippen LogP contribution is -2.34. The normalized spacial score (nSPS) is 13.9. The van der Waals surface area contributed by atoms with Crippen LogP contribution in [0.5, 0.6) is 23.0 Å². The van der Waals surface area contributed by atoms with Crippen LogP contribution in [0.25, 0.3) is 22.2 Å². The minimum atomic E-state index is -0.0312. The molecule has 1 aromatic heterocycles. The molecule has 1 amide bonds. The van der Waals surface area contributed by atoms with Crippen molar-refractivity contribution in [2.75, 3.05) is 45.9 Å². The van der Waals surface area contributed by atoms with Gasteiger partial charge in [0.05, 0.1) is 38.2 Å². The van der Waals surface area contributed by atoms with Gasteiger partial charge < -0.3 is 29.6 Å². The molecule has 0 saturated heterocycles. The average Bonchev–Trinajstić information content (AvgIpc) is 2.86. The number of fused-ring (bicyclic) bond motifs is 4. The maximum atomic E-state index is 12.5. The van der Waals surface area contributed by atoms with E-state index < -0.39 is 0 Å². The number of amides is 1. The number of rotatable bonds is 6. The topological polar surface area (TPSA) is 96.1 Å². The van der Waals surface area contributed by atoms with Crippen LogP contribution < -0.4 is 29.6 Å². The van der Waals surface area contributed by atoms with Crippen LogP contribution >= 0.6 is 0 Å². The highest BCUT2D eigenvalue weighted by Gasteiger charge is 2.33. The number of pyridine rings is 1. The van der Waals surface area contributed by atoms with Gasteiger partial charge in [-0.1, -0.05) is 0 Å². The standard InChI is InChI=1S/C26H29N3O5/c1-14(30)29-9-7-16-17-6-5-15-11-21(34-10-8-27)20(31-2)12-18(15)24(17)28-19-13-22(32-3)26(33-4)25(29)23(16)19/h11-13H,5-10,27H2,1-4H3. The minimum absolute atomic E-state index is 0.0312. The monoisotopic (exact) mass is 463 g/mol. The first kappa shape index (κ1) is 22.3. The minimum Gasteiger partial charge on any atom is -0.493 e. The molecule has 178 valence electrons. The number of aryl methyl sites for hydroxylation is 1. The van der Waals surface area contributed by atoms with Gasteiger partial charge in [0.1, 0.15) is 6.61 Å².